The Kier molecular flexibility index (Phi) is 5.04. The van der Waals surface area contributed by atoms with E-state index >= 15 is 0 Å². The molecule has 0 saturated carbocycles. The van der Waals surface area contributed by atoms with Crippen LogP contribution >= 0.6 is 0 Å². The highest BCUT2D eigenvalue weighted by molar-refractivity contribution is 5.68. The van der Waals surface area contributed by atoms with Crippen molar-refractivity contribution in [3.63, 3.8) is 0 Å². The Bertz CT molecular complexity index is 156. The van der Waals surface area contributed by atoms with Crippen LogP contribution in [0.4, 0.5) is 0 Å². The Morgan fingerprint density at radius 1 is 1.31 bits per heavy atom. The molecule has 0 spiro atoms. The van der Waals surface area contributed by atoms with Gasteiger partial charge in [0.15, 0.2) is 0 Å². The summed E-state index contributed by atoms with van der Waals surface area (Å²) in [5.41, 5.74) is 0.225. The third-order valence-corrected chi connectivity index (χ3v) is 2.45. The fourth-order valence-electron chi connectivity index (χ4n) is 1.28. The zero-order valence-electron chi connectivity index (χ0n) is 9.52. The molecule has 1 atom stereocenters. The summed E-state index contributed by atoms with van der Waals surface area (Å²) in [5, 5.41) is 0. The molecule has 13 heavy (non-hydrogen) atoms. The van der Waals surface area contributed by atoms with E-state index in [1.807, 2.05) is 6.92 Å². The SMILES string of the molecule is CCC(=O)OCC(CC)C(C)(C)C. The van der Waals surface area contributed by atoms with Gasteiger partial charge in [-0.1, -0.05) is 34.6 Å². The molecule has 0 bridgehead atoms. The third kappa shape index (κ3) is 4.91. The minimum absolute atomic E-state index is 0.0947. The van der Waals surface area contributed by atoms with Gasteiger partial charge in [0.05, 0.1) is 6.61 Å². The van der Waals surface area contributed by atoms with Crippen molar-refractivity contribution in [1.82, 2.24) is 0 Å². The van der Waals surface area contributed by atoms with E-state index in [0.717, 1.165) is 6.42 Å². The van der Waals surface area contributed by atoms with Crippen LogP contribution in [0.15, 0.2) is 0 Å². The molecule has 1 unspecified atom stereocenters. The van der Waals surface area contributed by atoms with E-state index in [1.54, 1.807) is 0 Å². The van der Waals surface area contributed by atoms with Crippen LogP contribution in [0.1, 0.15) is 47.5 Å². The average molecular weight is 186 g/mol. The van der Waals surface area contributed by atoms with E-state index in [-0.39, 0.29) is 11.4 Å². The van der Waals surface area contributed by atoms with Crippen LogP contribution in [-0.4, -0.2) is 12.6 Å². The van der Waals surface area contributed by atoms with E-state index in [0.29, 0.717) is 18.9 Å². The highest BCUT2D eigenvalue weighted by Gasteiger charge is 2.23. The summed E-state index contributed by atoms with van der Waals surface area (Å²) in [5.74, 6) is 0.366. The van der Waals surface area contributed by atoms with Crippen molar-refractivity contribution in [2.45, 2.75) is 47.5 Å². The monoisotopic (exact) mass is 186 g/mol. The highest BCUT2D eigenvalue weighted by Crippen LogP contribution is 2.28. The first kappa shape index (κ1) is 12.5. The van der Waals surface area contributed by atoms with Gasteiger partial charge in [0, 0.05) is 6.42 Å². The van der Waals surface area contributed by atoms with Crippen LogP contribution in [-0.2, 0) is 9.53 Å². The molecule has 0 saturated heterocycles. The number of carbonyl (C=O) groups excluding carboxylic acids is 1. The van der Waals surface area contributed by atoms with Crippen molar-refractivity contribution in [2.75, 3.05) is 6.61 Å². The lowest BCUT2D eigenvalue weighted by atomic mass is 9.80. The molecule has 0 fully saturated rings. The molecule has 2 heteroatoms. The molecule has 0 rings (SSSR count). The third-order valence-electron chi connectivity index (χ3n) is 2.45. The molecule has 0 radical (unpaired) electrons. The summed E-state index contributed by atoms with van der Waals surface area (Å²) in [6, 6.07) is 0. The smallest absolute Gasteiger partial charge is 0.305 e. The van der Waals surface area contributed by atoms with Crippen LogP contribution in [0.3, 0.4) is 0 Å². The maximum atomic E-state index is 10.9. The minimum Gasteiger partial charge on any atom is -0.465 e. The van der Waals surface area contributed by atoms with Crippen LogP contribution in [0.25, 0.3) is 0 Å². The van der Waals surface area contributed by atoms with Gasteiger partial charge in [0.2, 0.25) is 0 Å². The van der Waals surface area contributed by atoms with Gasteiger partial charge in [-0.25, -0.2) is 0 Å². The largest absolute Gasteiger partial charge is 0.465 e. The predicted molar refractivity (Wildman–Crippen MR) is 54.5 cm³/mol. The van der Waals surface area contributed by atoms with Crippen molar-refractivity contribution >= 4 is 5.97 Å². The van der Waals surface area contributed by atoms with Gasteiger partial charge < -0.3 is 4.74 Å². The number of esters is 1. The van der Waals surface area contributed by atoms with E-state index in [2.05, 4.69) is 27.7 Å². The Hall–Kier alpha value is -0.530. The second-order valence-electron chi connectivity index (χ2n) is 4.51. The molecule has 0 aromatic rings. The van der Waals surface area contributed by atoms with Crippen LogP contribution in [0.5, 0.6) is 0 Å². The second-order valence-corrected chi connectivity index (χ2v) is 4.51. The lowest BCUT2D eigenvalue weighted by Crippen LogP contribution is -2.25. The van der Waals surface area contributed by atoms with Crippen molar-refractivity contribution in [1.29, 1.82) is 0 Å². The minimum atomic E-state index is -0.0947. The molecule has 0 aromatic carbocycles. The molecule has 0 aromatic heterocycles. The molecular weight excluding hydrogens is 164 g/mol. The Labute approximate surface area is 81.7 Å². The topological polar surface area (TPSA) is 26.3 Å². The fraction of sp³-hybridized carbons (Fsp3) is 0.909. The molecule has 2 nitrogen and oxygen atoms in total. The van der Waals surface area contributed by atoms with Crippen molar-refractivity contribution < 1.29 is 9.53 Å². The molecule has 0 aliphatic carbocycles. The summed E-state index contributed by atoms with van der Waals surface area (Å²) >= 11 is 0. The second kappa shape index (κ2) is 5.25. The first-order valence-electron chi connectivity index (χ1n) is 5.07. The van der Waals surface area contributed by atoms with E-state index in [9.17, 15) is 4.79 Å². The lowest BCUT2D eigenvalue weighted by Gasteiger charge is -2.29. The first-order valence-corrected chi connectivity index (χ1v) is 5.07. The van der Waals surface area contributed by atoms with Gasteiger partial charge in [-0.15, -0.1) is 0 Å². The van der Waals surface area contributed by atoms with Crippen LogP contribution < -0.4 is 0 Å². The number of hydrogen-bond donors (Lipinski definition) is 0. The van der Waals surface area contributed by atoms with Gasteiger partial charge in [-0.2, -0.15) is 0 Å². The average Bonchev–Trinajstić information content (AvgIpc) is 2.02. The van der Waals surface area contributed by atoms with Crippen molar-refractivity contribution in [2.24, 2.45) is 11.3 Å². The van der Waals surface area contributed by atoms with E-state index < -0.39 is 0 Å². The number of carbonyl (C=O) groups is 1. The predicted octanol–water partition coefficient (Wildman–Crippen LogP) is 3.01. The van der Waals surface area contributed by atoms with E-state index in [1.165, 1.54) is 0 Å². The molecule has 78 valence electrons. The zero-order valence-corrected chi connectivity index (χ0v) is 9.52. The van der Waals surface area contributed by atoms with Gasteiger partial charge in [0.25, 0.3) is 0 Å². The van der Waals surface area contributed by atoms with Crippen molar-refractivity contribution in [3.05, 3.63) is 0 Å². The maximum absolute atomic E-state index is 10.9. The summed E-state index contributed by atoms with van der Waals surface area (Å²) in [6.07, 6.45) is 1.53. The van der Waals surface area contributed by atoms with Gasteiger partial charge >= 0.3 is 5.97 Å². The van der Waals surface area contributed by atoms with Gasteiger partial charge in [-0.05, 0) is 17.8 Å². The van der Waals surface area contributed by atoms with Gasteiger partial charge in [0.1, 0.15) is 0 Å². The van der Waals surface area contributed by atoms with Crippen LogP contribution in [0.2, 0.25) is 0 Å². The molecule has 0 aliphatic heterocycles. The van der Waals surface area contributed by atoms with Crippen LogP contribution in [0, 0.1) is 11.3 Å². The molecule has 0 N–H and O–H groups in total. The molecule has 0 amide bonds. The normalized spacial score (nSPS) is 13.9. The van der Waals surface area contributed by atoms with E-state index in [4.69, 9.17) is 4.74 Å². The summed E-state index contributed by atoms with van der Waals surface area (Å²) in [4.78, 5) is 10.9. The molecular formula is C11H22O2. The number of hydrogen-bond acceptors (Lipinski definition) is 2. The molecule has 0 aliphatic rings. The van der Waals surface area contributed by atoms with Crippen molar-refractivity contribution in [3.8, 4) is 0 Å². The number of rotatable bonds is 4. The Morgan fingerprint density at radius 3 is 2.15 bits per heavy atom. The fourth-order valence-corrected chi connectivity index (χ4v) is 1.28. The van der Waals surface area contributed by atoms with Gasteiger partial charge in [-0.3, -0.25) is 4.79 Å². The first-order chi connectivity index (χ1) is 5.91. The Balaban J connectivity index is 3.93. The quantitative estimate of drug-likeness (QED) is 0.631. The zero-order chi connectivity index (χ0) is 10.5. The number of ether oxygens (including phenoxy) is 1. The standard InChI is InChI=1S/C11H22O2/c1-6-9(11(3,4)5)8-13-10(12)7-2/h9H,6-8H2,1-5H3. The summed E-state index contributed by atoms with van der Waals surface area (Å²) in [6.45, 7) is 11.1. The lowest BCUT2D eigenvalue weighted by molar-refractivity contribution is -0.145. The molecule has 0 heterocycles. The maximum Gasteiger partial charge on any atom is 0.305 e. The highest BCUT2D eigenvalue weighted by atomic mass is 16.5. The summed E-state index contributed by atoms with van der Waals surface area (Å²) < 4.78 is 5.13. The summed E-state index contributed by atoms with van der Waals surface area (Å²) in [7, 11) is 0. The Morgan fingerprint density at radius 2 is 1.85 bits per heavy atom.